The van der Waals surface area contributed by atoms with E-state index >= 15 is 0 Å². The average molecular weight is 266 g/mol. The van der Waals surface area contributed by atoms with Crippen LogP contribution in [0.1, 0.15) is 31.0 Å². The zero-order valence-electron chi connectivity index (χ0n) is 12.6. The first-order valence-corrected chi connectivity index (χ1v) is 7.17. The first-order valence-electron chi connectivity index (χ1n) is 7.17. The summed E-state index contributed by atoms with van der Waals surface area (Å²) in [6, 6.07) is 0.493. The van der Waals surface area contributed by atoms with Crippen LogP contribution in [0, 0.1) is 6.92 Å². The van der Waals surface area contributed by atoms with E-state index in [4.69, 9.17) is 0 Å². The van der Waals surface area contributed by atoms with Gasteiger partial charge in [0.25, 0.3) is 0 Å². The number of hydrogen-bond donors (Lipinski definition) is 1. The van der Waals surface area contributed by atoms with Crippen molar-refractivity contribution in [2.45, 2.75) is 39.3 Å². The van der Waals surface area contributed by atoms with Gasteiger partial charge in [-0.25, -0.2) is 0 Å². The zero-order chi connectivity index (χ0) is 14.0. The summed E-state index contributed by atoms with van der Waals surface area (Å²) in [6.45, 7) is 7.52. The molecule has 1 aromatic rings. The minimum atomic E-state index is 0.0672. The Bertz CT molecular complexity index is 429. The van der Waals surface area contributed by atoms with Crippen molar-refractivity contribution in [1.29, 1.82) is 0 Å². The Morgan fingerprint density at radius 3 is 2.68 bits per heavy atom. The second-order valence-corrected chi connectivity index (χ2v) is 5.54. The second kappa shape index (κ2) is 5.92. The van der Waals surface area contributed by atoms with E-state index in [-0.39, 0.29) is 6.61 Å². The van der Waals surface area contributed by atoms with E-state index in [9.17, 15) is 5.11 Å². The Kier molecular flexibility index (Phi) is 4.47. The van der Waals surface area contributed by atoms with Crippen molar-refractivity contribution in [2.24, 2.45) is 7.05 Å². The van der Waals surface area contributed by atoms with Crippen LogP contribution in [0.25, 0.3) is 0 Å². The molecule has 0 saturated carbocycles. The summed E-state index contributed by atoms with van der Waals surface area (Å²) in [5.74, 6) is 1.10. The summed E-state index contributed by atoms with van der Waals surface area (Å²) in [7, 11) is 4.16. The zero-order valence-corrected chi connectivity index (χ0v) is 12.6. The lowest BCUT2D eigenvalue weighted by Crippen LogP contribution is -2.41. The summed E-state index contributed by atoms with van der Waals surface area (Å²) in [5, 5.41) is 14.1. The van der Waals surface area contributed by atoms with E-state index in [1.807, 2.05) is 18.7 Å². The van der Waals surface area contributed by atoms with Crippen molar-refractivity contribution in [3.63, 3.8) is 0 Å². The number of aliphatic hydroxyl groups is 1. The van der Waals surface area contributed by atoms with Crippen molar-refractivity contribution in [3.8, 4) is 0 Å². The topological polar surface area (TPSA) is 44.5 Å². The van der Waals surface area contributed by atoms with E-state index in [1.54, 1.807) is 0 Å². The lowest BCUT2D eigenvalue weighted by atomic mass is 10.1. The number of nitrogens with zero attached hydrogens (tertiary/aromatic N) is 4. The molecule has 0 bridgehead atoms. The van der Waals surface area contributed by atoms with Gasteiger partial charge in [-0.1, -0.05) is 6.92 Å². The fourth-order valence-corrected chi connectivity index (χ4v) is 3.11. The van der Waals surface area contributed by atoms with Crippen LogP contribution in [0.3, 0.4) is 0 Å². The summed E-state index contributed by atoms with van der Waals surface area (Å²) in [5.41, 5.74) is 1.91. The van der Waals surface area contributed by atoms with Crippen molar-refractivity contribution in [3.05, 3.63) is 11.3 Å². The molecule has 1 N–H and O–H groups in total. The molecule has 2 rings (SSSR count). The van der Waals surface area contributed by atoms with Crippen LogP contribution < -0.4 is 4.90 Å². The fraction of sp³-hybridized carbons (Fsp3) is 0.786. The first-order chi connectivity index (χ1) is 9.08. The average Bonchev–Trinajstić information content (AvgIpc) is 2.55. The number of aryl methyl sites for hydroxylation is 2. The van der Waals surface area contributed by atoms with Crippen LogP contribution in [0.5, 0.6) is 0 Å². The van der Waals surface area contributed by atoms with Gasteiger partial charge in [-0.05, 0) is 33.4 Å². The Labute approximate surface area is 115 Å². The van der Waals surface area contributed by atoms with E-state index in [2.05, 4.69) is 28.9 Å². The van der Waals surface area contributed by atoms with Crippen LogP contribution in [0.4, 0.5) is 5.82 Å². The SMILES string of the molecule is CCC1CN(C)CCCN1c1c(CO)c(C)nn1C. The van der Waals surface area contributed by atoms with Crippen molar-refractivity contribution >= 4 is 5.82 Å². The third kappa shape index (κ3) is 2.77. The molecule has 2 heterocycles. The molecule has 19 heavy (non-hydrogen) atoms. The Balaban J connectivity index is 2.37. The highest BCUT2D eigenvalue weighted by Crippen LogP contribution is 2.27. The van der Waals surface area contributed by atoms with Gasteiger partial charge < -0.3 is 14.9 Å². The van der Waals surface area contributed by atoms with Crippen LogP contribution in [0.15, 0.2) is 0 Å². The van der Waals surface area contributed by atoms with Crippen molar-refractivity contribution in [1.82, 2.24) is 14.7 Å². The molecular weight excluding hydrogens is 240 g/mol. The highest BCUT2D eigenvalue weighted by molar-refractivity contribution is 5.51. The number of anilines is 1. The van der Waals surface area contributed by atoms with E-state index < -0.39 is 0 Å². The van der Waals surface area contributed by atoms with E-state index in [0.29, 0.717) is 6.04 Å². The molecule has 0 amide bonds. The highest BCUT2D eigenvalue weighted by atomic mass is 16.3. The number of rotatable bonds is 3. The lowest BCUT2D eigenvalue weighted by Gasteiger charge is -2.32. The molecule has 1 atom stereocenters. The smallest absolute Gasteiger partial charge is 0.132 e. The molecule has 1 fully saturated rings. The first kappa shape index (κ1) is 14.3. The molecule has 0 spiro atoms. The third-order valence-electron chi connectivity index (χ3n) is 4.12. The maximum Gasteiger partial charge on any atom is 0.132 e. The predicted molar refractivity (Wildman–Crippen MR) is 77.4 cm³/mol. The van der Waals surface area contributed by atoms with Crippen molar-refractivity contribution < 1.29 is 5.11 Å². The standard InChI is InChI=1S/C14H26N4O/c1-5-12-9-16(3)7-6-8-18(12)14-13(10-19)11(2)15-17(14)4/h12,19H,5-10H2,1-4H3. The molecular formula is C14H26N4O. The van der Waals surface area contributed by atoms with Gasteiger partial charge >= 0.3 is 0 Å². The summed E-state index contributed by atoms with van der Waals surface area (Å²) in [4.78, 5) is 4.84. The van der Waals surface area contributed by atoms with E-state index in [1.165, 1.54) is 0 Å². The molecule has 1 aliphatic heterocycles. The van der Waals surface area contributed by atoms with Gasteiger partial charge in [0.05, 0.1) is 12.3 Å². The summed E-state index contributed by atoms with van der Waals surface area (Å²) < 4.78 is 1.93. The summed E-state index contributed by atoms with van der Waals surface area (Å²) >= 11 is 0. The monoisotopic (exact) mass is 266 g/mol. The Morgan fingerprint density at radius 2 is 2.05 bits per heavy atom. The number of aromatic nitrogens is 2. The Morgan fingerprint density at radius 1 is 1.32 bits per heavy atom. The maximum absolute atomic E-state index is 9.63. The molecule has 108 valence electrons. The normalized spacial score (nSPS) is 21.7. The highest BCUT2D eigenvalue weighted by Gasteiger charge is 2.27. The molecule has 5 nitrogen and oxygen atoms in total. The fourth-order valence-electron chi connectivity index (χ4n) is 3.11. The quantitative estimate of drug-likeness (QED) is 0.891. The number of hydrogen-bond acceptors (Lipinski definition) is 4. The predicted octanol–water partition coefficient (Wildman–Crippen LogP) is 1.14. The van der Waals surface area contributed by atoms with Gasteiger partial charge in [-0.3, -0.25) is 4.68 Å². The van der Waals surface area contributed by atoms with Gasteiger partial charge in [0.2, 0.25) is 0 Å². The molecule has 1 saturated heterocycles. The molecule has 0 aliphatic carbocycles. The van der Waals surface area contributed by atoms with Crippen LogP contribution in [0.2, 0.25) is 0 Å². The lowest BCUT2D eigenvalue weighted by molar-refractivity contribution is 0.280. The molecule has 5 heteroatoms. The Hall–Kier alpha value is -1.07. The molecule has 1 unspecified atom stereocenters. The van der Waals surface area contributed by atoms with Gasteiger partial charge in [-0.2, -0.15) is 5.10 Å². The van der Waals surface area contributed by atoms with Crippen LogP contribution in [-0.4, -0.2) is 52.5 Å². The van der Waals surface area contributed by atoms with Gasteiger partial charge in [0.1, 0.15) is 5.82 Å². The molecule has 0 aromatic carbocycles. The van der Waals surface area contributed by atoms with Crippen LogP contribution >= 0.6 is 0 Å². The molecule has 1 aromatic heterocycles. The largest absolute Gasteiger partial charge is 0.391 e. The summed E-state index contributed by atoms with van der Waals surface area (Å²) in [6.07, 6.45) is 2.27. The van der Waals surface area contributed by atoms with E-state index in [0.717, 1.165) is 49.6 Å². The molecule has 1 aliphatic rings. The second-order valence-electron chi connectivity index (χ2n) is 5.54. The van der Waals surface area contributed by atoms with Crippen molar-refractivity contribution in [2.75, 3.05) is 31.6 Å². The van der Waals surface area contributed by atoms with Crippen LogP contribution in [-0.2, 0) is 13.7 Å². The molecule has 0 radical (unpaired) electrons. The minimum Gasteiger partial charge on any atom is -0.391 e. The number of aliphatic hydroxyl groups excluding tert-OH is 1. The maximum atomic E-state index is 9.63. The van der Waals surface area contributed by atoms with Gasteiger partial charge in [0, 0.05) is 31.7 Å². The minimum absolute atomic E-state index is 0.0672. The number of likely N-dealkylation sites (N-methyl/N-ethyl adjacent to an activating group) is 1. The van der Waals surface area contributed by atoms with Gasteiger partial charge in [-0.15, -0.1) is 0 Å². The third-order valence-corrected chi connectivity index (χ3v) is 4.12. The van der Waals surface area contributed by atoms with Gasteiger partial charge in [0.15, 0.2) is 0 Å².